The van der Waals surface area contributed by atoms with Crippen LogP contribution in [0.3, 0.4) is 0 Å². The van der Waals surface area contributed by atoms with E-state index in [9.17, 15) is 24.3 Å². The molecule has 0 unspecified atom stereocenters. The predicted molar refractivity (Wildman–Crippen MR) is 188 cm³/mol. The molecule has 0 aromatic heterocycles. The fraction of sp³-hybridized carbons (Fsp3) is 0.459. The second-order valence-electron chi connectivity index (χ2n) is 13.1. The van der Waals surface area contributed by atoms with Gasteiger partial charge >= 0.3 is 5.97 Å². The van der Waals surface area contributed by atoms with Gasteiger partial charge in [0.05, 0.1) is 12.0 Å². The largest absolute Gasteiger partial charge is 0.455 e. The van der Waals surface area contributed by atoms with Crippen molar-refractivity contribution in [3.8, 4) is 0 Å². The van der Waals surface area contributed by atoms with Crippen molar-refractivity contribution in [2.45, 2.75) is 68.9 Å². The minimum Gasteiger partial charge on any atom is -0.455 e. The van der Waals surface area contributed by atoms with E-state index in [4.69, 9.17) is 21.1 Å². The van der Waals surface area contributed by atoms with Crippen molar-refractivity contribution >= 4 is 56.9 Å². The van der Waals surface area contributed by atoms with Crippen LogP contribution >= 0.6 is 27.5 Å². The van der Waals surface area contributed by atoms with Gasteiger partial charge in [-0.05, 0) is 68.5 Å². The number of fused-ring (bicyclic) bond motifs is 2. The molecular formula is C37H41BrClN3O7. The smallest absolute Gasteiger partial charge is 0.313 e. The Hall–Kier alpha value is -3.51. The number of rotatable bonds is 7. The van der Waals surface area contributed by atoms with Gasteiger partial charge in [-0.15, -0.1) is 0 Å². The van der Waals surface area contributed by atoms with E-state index in [1.165, 1.54) is 0 Å². The Labute approximate surface area is 299 Å². The van der Waals surface area contributed by atoms with Gasteiger partial charge in [-0.2, -0.15) is 0 Å². The number of amides is 3. The number of ether oxygens (including phenoxy) is 2. The summed E-state index contributed by atoms with van der Waals surface area (Å²) < 4.78 is 13.5. The lowest BCUT2D eigenvalue weighted by molar-refractivity contribution is -0.164. The van der Waals surface area contributed by atoms with E-state index < -0.39 is 47.7 Å². The van der Waals surface area contributed by atoms with Crippen LogP contribution in [0.2, 0.25) is 5.02 Å². The summed E-state index contributed by atoms with van der Waals surface area (Å²) in [4.78, 5) is 62.1. The Kier molecular flexibility index (Phi) is 10.6. The minimum atomic E-state index is -1.43. The number of aliphatic hydroxyl groups is 1. The molecule has 3 amide bonds. The molecule has 2 aromatic rings. The lowest BCUT2D eigenvalue weighted by Gasteiger charge is -2.36. The number of carbonyl (C=O) groups is 4. The fourth-order valence-electron chi connectivity index (χ4n) is 7.57. The van der Waals surface area contributed by atoms with Crippen molar-refractivity contribution < 1.29 is 33.8 Å². The highest BCUT2D eigenvalue weighted by atomic mass is 79.9. The first kappa shape index (κ1) is 35.3. The number of halogens is 2. The van der Waals surface area contributed by atoms with E-state index in [0.29, 0.717) is 46.4 Å². The fourth-order valence-corrected chi connectivity index (χ4v) is 8.43. The minimum absolute atomic E-state index is 0.0235. The van der Waals surface area contributed by atoms with Crippen LogP contribution in [0.15, 0.2) is 77.3 Å². The van der Waals surface area contributed by atoms with Crippen molar-refractivity contribution in [2.24, 2.45) is 11.8 Å². The second kappa shape index (κ2) is 14.8. The van der Waals surface area contributed by atoms with Crippen LogP contribution in [0.5, 0.6) is 0 Å². The standard InChI is InChI=1S/C37H41BrClN3O7/c1-23-31(24-12-6-3-7-13-24)48-36(47)29-30-34(45)42(20-10-5-11-21-43)33(37(30)22-27(38)32(29)49-37)35(46)41(26-17-15-25(39)16-18-26)19-9-4-8-14-28(44)40(23)2/h3-4,6-7,9,12-13,15-18,22-23,29-33,43H,5,8,10-11,14,19-21H2,1-2H3/b9-4-/t23-,29+,30-,31+,32+,33+,37-/m0/s1. The molecule has 49 heavy (non-hydrogen) atoms. The molecule has 260 valence electrons. The number of likely N-dealkylation sites (N-methyl/N-ethyl adjacent to an activating group) is 1. The van der Waals surface area contributed by atoms with E-state index >= 15 is 0 Å². The Morgan fingerprint density at radius 1 is 0.959 bits per heavy atom. The van der Waals surface area contributed by atoms with Gasteiger partial charge in [-0.1, -0.05) is 70.0 Å². The van der Waals surface area contributed by atoms with Crippen molar-refractivity contribution in [2.75, 3.05) is 31.6 Å². The molecule has 0 aliphatic carbocycles. The highest BCUT2D eigenvalue weighted by Crippen LogP contribution is 2.59. The van der Waals surface area contributed by atoms with E-state index in [0.717, 1.165) is 0 Å². The Morgan fingerprint density at radius 3 is 2.41 bits per heavy atom. The van der Waals surface area contributed by atoms with Gasteiger partial charge in [0, 0.05) is 48.4 Å². The molecule has 5 bridgehead atoms. The quantitative estimate of drug-likeness (QED) is 0.235. The normalized spacial score (nSPS) is 31.2. The molecule has 2 aromatic carbocycles. The van der Waals surface area contributed by atoms with Gasteiger partial charge in [0.25, 0.3) is 5.91 Å². The number of hydrogen-bond donors (Lipinski definition) is 1. The van der Waals surface area contributed by atoms with Crippen LogP contribution in [0.4, 0.5) is 5.69 Å². The Morgan fingerprint density at radius 2 is 1.69 bits per heavy atom. The van der Waals surface area contributed by atoms with Gasteiger partial charge in [-0.25, -0.2) is 0 Å². The number of anilines is 1. The summed E-state index contributed by atoms with van der Waals surface area (Å²) in [6.45, 7) is 2.28. The average molecular weight is 755 g/mol. The van der Waals surface area contributed by atoms with Gasteiger partial charge in [0.15, 0.2) is 0 Å². The lowest BCUT2D eigenvalue weighted by Crippen LogP contribution is -2.56. The summed E-state index contributed by atoms with van der Waals surface area (Å²) >= 11 is 9.83. The summed E-state index contributed by atoms with van der Waals surface area (Å²) in [7, 11) is 1.70. The van der Waals surface area contributed by atoms with Gasteiger partial charge in [0.2, 0.25) is 11.8 Å². The average Bonchev–Trinajstić information content (AvgIpc) is 3.69. The van der Waals surface area contributed by atoms with Crippen LogP contribution in [-0.2, 0) is 28.7 Å². The number of likely N-dealkylation sites (tertiary alicyclic amines) is 1. The van der Waals surface area contributed by atoms with Gasteiger partial charge in [0.1, 0.15) is 29.8 Å². The Balaban J connectivity index is 1.46. The first-order valence-corrected chi connectivity index (χ1v) is 18.0. The zero-order valence-electron chi connectivity index (χ0n) is 27.5. The third kappa shape index (κ3) is 6.58. The predicted octanol–water partition coefficient (Wildman–Crippen LogP) is 5.19. The first-order valence-electron chi connectivity index (χ1n) is 16.8. The monoisotopic (exact) mass is 753 g/mol. The third-order valence-electron chi connectivity index (χ3n) is 10.2. The van der Waals surface area contributed by atoms with Gasteiger partial charge < -0.3 is 29.3 Å². The molecule has 10 nitrogen and oxygen atoms in total. The van der Waals surface area contributed by atoms with E-state index in [-0.39, 0.29) is 43.8 Å². The molecule has 2 saturated heterocycles. The van der Waals surface area contributed by atoms with E-state index in [1.54, 1.807) is 52.1 Å². The topological polar surface area (TPSA) is 117 Å². The van der Waals surface area contributed by atoms with Crippen molar-refractivity contribution in [1.29, 1.82) is 0 Å². The molecule has 7 atom stereocenters. The van der Waals surface area contributed by atoms with Crippen molar-refractivity contribution in [3.63, 3.8) is 0 Å². The number of nitrogens with zero attached hydrogens (tertiary/aromatic N) is 3. The van der Waals surface area contributed by atoms with Crippen molar-refractivity contribution in [1.82, 2.24) is 9.80 Å². The molecule has 2 fully saturated rings. The molecule has 4 aliphatic heterocycles. The zero-order chi connectivity index (χ0) is 34.9. The number of hydrogen-bond acceptors (Lipinski definition) is 7. The molecule has 6 rings (SSSR count). The summed E-state index contributed by atoms with van der Waals surface area (Å²) in [5.74, 6) is -3.53. The van der Waals surface area contributed by atoms with Crippen LogP contribution in [-0.4, -0.2) is 89.1 Å². The maximum atomic E-state index is 14.9. The number of unbranched alkanes of at least 4 members (excludes halogenated alkanes) is 2. The first-order chi connectivity index (χ1) is 23.6. The summed E-state index contributed by atoms with van der Waals surface area (Å²) in [6.07, 6.45) is 6.27. The number of carbonyl (C=O) groups excluding carboxylic acids is 4. The number of aliphatic hydroxyl groups excluding tert-OH is 1. The number of esters is 1. The third-order valence-corrected chi connectivity index (χ3v) is 11.1. The maximum Gasteiger partial charge on any atom is 0.313 e. The van der Waals surface area contributed by atoms with Crippen LogP contribution < -0.4 is 4.90 Å². The second-order valence-corrected chi connectivity index (χ2v) is 14.4. The number of cyclic esters (lactones) is 1. The van der Waals surface area contributed by atoms with Crippen LogP contribution in [0.25, 0.3) is 0 Å². The number of benzene rings is 2. The van der Waals surface area contributed by atoms with Crippen LogP contribution in [0.1, 0.15) is 50.7 Å². The molecule has 0 saturated carbocycles. The highest BCUT2D eigenvalue weighted by Gasteiger charge is 2.75. The molecule has 4 heterocycles. The Bertz CT molecular complexity index is 1640. The van der Waals surface area contributed by atoms with Gasteiger partial charge in [-0.3, -0.25) is 19.2 Å². The maximum absolute atomic E-state index is 14.9. The number of allylic oxidation sites excluding steroid dienone is 1. The summed E-state index contributed by atoms with van der Waals surface area (Å²) in [5, 5.41) is 9.90. The highest BCUT2D eigenvalue weighted by molar-refractivity contribution is 9.11. The lowest BCUT2D eigenvalue weighted by atomic mass is 9.74. The molecule has 1 N–H and O–H groups in total. The molecule has 12 heteroatoms. The molecule has 1 spiro atoms. The van der Waals surface area contributed by atoms with E-state index in [2.05, 4.69) is 15.9 Å². The molecule has 0 radical (unpaired) electrons. The van der Waals surface area contributed by atoms with E-state index in [1.807, 2.05) is 49.4 Å². The molecular weight excluding hydrogens is 714 g/mol. The molecule has 4 aliphatic rings. The SMILES string of the molecule is C[C@H]1[C@H](c2ccccc2)OC(=O)[C@H]2[C@@H]3O[C@@]4(C=C3Br)[C@@H]2C(=O)N(CCCCCO)[C@@H]4C(=O)N(c2ccc(Cl)cc2)C/C=C\CCC(=O)N1C. The van der Waals surface area contributed by atoms with Crippen LogP contribution in [0, 0.1) is 11.8 Å². The summed E-state index contributed by atoms with van der Waals surface area (Å²) in [5.41, 5.74) is -0.142. The van der Waals surface area contributed by atoms with Crippen molar-refractivity contribution in [3.05, 3.63) is 87.9 Å². The summed E-state index contributed by atoms with van der Waals surface area (Å²) in [6, 6.07) is 14.5. The zero-order valence-corrected chi connectivity index (χ0v) is 29.9.